The van der Waals surface area contributed by atoms with E-state index >= 15 is 0 Å². The first kappa shape index (κ1) is 16.7. The normalized spacial score (nSPS) is 10.8. The molecular weight excluding hydrogens is 321 g/mol. The average Bonchev–Trinajstić information content (AvgIpc) is 2.50. The van der Waals surface area contributed by atoms with Crippen LogP contribution in [-0.4, -0.2) is 6.54 Å². The number of thioether (sulfide) groups is 1. The van der Waals surface area contributed by atoms with Gasteiger partial charge < -0.3 is 5.32 Å². The highest BCUT2D eigenvalue weighted by Crippen LogP contribution is 2.28. The van der Waals surface area contributed by atoms with Crippen LogP contribution >= 0.6 is 35.0 Å². The molecule has 0 atom stereocenters. The summed E-state index contributed by atoms with van der Waals surface area (Å²) in [6.07, 6.45) is 1.16. The fraction of sp³-hybridized carbons (Fsp3) is 0.294. The van der Waals surface area contributed by atoms with Gasteiger partial charge in [0, 0.05) is 27.2 Å². The number of hydrogen-bond donors (Lipinski definition) is 1. The van der Waals surface area contributed by atoms with Crippen molar-refractivity contribution >= 4 is 35.0 Å². The molecule has 0 spiro atoms. The Morgan fingerprint density at radius 1 is 1.05 bits per heavy atom. The van der Waals surface area contributed by atoms with Crippen LogP contribution in [0.25, 0.3) is 0 Å². The van der Waals surface area contributed by atoms with Crippen molar-refractivity contribution < 1.29 is 0 Å². The predicted octanol–water partition coefficient (Wildman–Crippen LogP) is 5.79. The fourth-order valence-electron chi connectivity index (χ4n) is 1.93. The summed E-state index contributed by atoms with van der Waals surface area (Å²) in [5, 5.41) is 4.90. The van der Waals surface area contributed by atoms with Crippen molar-refractivity contribution in [3.05, 3.63) is 63.6 Å². The van der Waals surface area contributed by atoms with Crippen LogP contribution in [0.4, 0.5) is 0 Å². The summed E-state index contributed by atoms with van der Waals surface area (Å²) in [6.45, 7) is 4.16. The van der Waals surface area contributed by atoms with Gasteiger partial charge in [0.25, 0.3) is 0 Å². The van der Waals surface area contributed by atoms with Gasteiger partial charge in [0.2, 0.25) is 0 Å². The fourth-order valence-corrected chi connectivity index (χ4v) is 3.28. The molecule has 0 aliphatic rings. The highest BCUT2D eigenvalue weighted by molar-refractivity contribution is 7.98. The molecular formula is C17H19Cl2NS. The van der Waals surface area contributed by atoms with Crippen molar-refractivity contribution in [2.24, 2.45) is 0 Å². The standard InChI is InChI=1S/C17H19Cl2NS/c1-2-9-20-11-13-3-6-16(7-4-13)21-12-14-10-15(18)5-8-17(14)19/h3-8,10,20H,2,9,11-12H2,1H3. The van der Waals surface area contributed by atoms with E-state index in [1.165, 1.54) is 10.5 Å². The molecule has 0 saturated heterocycles. The number of rotatable bonds is 7. The smallest absolute Gasteiger partial charge is 0.0447 e. The highest BCUT2D eigenvalue weighted by Gasteiger charge is 2.03. The lowest BCUT2D eigenvalue weighted by Crippen LogP contribution is -2.13. The van der Waals surface area contributed by atoms with Crippen molar-refractivity contribution in [1.29, 1.82) is 0 Å². The molecule has 0 radical (unpaired) electrons. The van der Waals surface area contributed by atoms with Gasteiger partial charge in [-0.1, -0.05) is 42.3 Å². The minimum Gasteiger partial charge on any atom is -0.313 e. The van der Waals surface area contributed by atoms with Crippen LogP contribution in [0.2, 0.25) is 10.0 Å². The molecule has 0 bridgehead atoms. The van der Waals surface area contributed by atoms with E-state index in [9.17, 15) is 0 Å². The quantitative estimate of drug-likeness (QED) is 0.506. The first-order valence-electron chi connectivity index (χ1n) is 7.05. The third-order valence-electron chi connectivity index (χ3n) is 3.08. The molecule has 0 aliphatic heterocycles. The first-order chi connectivity index (χ1) is 10.2. The maximum atomic E-state index is 6.18. The summed E-state index contributed by atoms with van der Waals surface area (Å²) in [4.78, 5) is 1.24. The van der Waals surface area contributed by atoms with Gasteiger partial charge in [-0.05, 0) is 54.4 Å². The van der Waals surface area contributed by atoms with E-state index in [0.717, 1.165) is 40.9 Å². The lowest BCUT2D eigenvalue weighted by atomic mass is 10.2. The van der Waals surface area contributed by atoms with Crippen LogP contribution in [-0.2, 0) is 12.3 Å². The van der Waals surface area contributed by atoms with Gasteiger partial charge in [-0.3, -0.25) is 0 Å². The highest BCUT2D eigenvalue weighted by atomic mass is 35.5. The Labute approximate surface area is 141 Å². The lowest BCUT2D eigenvalue weighted by Gasteiger charge is -2.07. The zero-order chi connectivity index (χ0) is 15.1. The second kappa shape index (κ2) is 8.70. The third-order valence-corrected chi connectivity index (χ3v) is 4.75. The maximum absolute atomic E-state index is 6.18. The van der Waals surface area contributed by atoms with Crippen LogP contribution in [0.3, 0.4) is 0 Å². The van der Waals surface area contributed by atoms with Crippen molar-refractivity contribution in [1.82, 2.24) is 5.32 Å². The molecule has 0 saturated carbocycles. The molecule has 0 amide bonds. The molecule has 1 nitrogen and oxygen atoms in total. The zero-order valence-corrected chi connectivity index (χ0v) is 14.4. The van der Waals surface area contributed by atoms with Crippen LogP contribution < -0.4 is 5.32 Å². The third kappa shape index (κ3) is 5.55. The lowest BCUT2D eigenvalue weighted by molar-refractivity contribution is 0.675. The Morgan fingerprint density at radius 2 is 1.81 bits per heavy atom. The van der Waals surface area contributed by atoms with Crippen molar-refractivity contribution in [2.45, 2.75) is 30.5 Å². The van der Waals surface area contributed by atoms with E-state index in [1.807, 2.05) is 18.2 Å². The van der Waals surface area contributed by atoms with Crippen LogP contribution in [0, 0.1) is 0 Å². The molecule has 0 fully saturated rings. The van der Waals surface area contributed by atoms with Gasteiger partial charge in [0.1, 0.15) is 0 Å². The van der Waals surface area contributed by atoms with Gasteiger partial charge in [-0.25, -0.2) is 0 Å². The maximum Gasteiger partial charge on any atom is 0.0447 e. The first-order valence-corrected chi connectivity index (χ1v) is 8.79. The molecule has 0 aromatic heterocycles. The largest absolute Gasteiger partial charge is 0.313 e. The average molecular weight is 340 g/mol. The van der Waals surface area contributed by atoms with Crippen molar-refractivity contribution in [3.63, 3.8) is 0 Å². The summed E-state index contributed by atoms with van der Waals surface area (Å²) >= 11 is 14.0. The molecule has 0 aliphatic carbocycles. The number of hydrogen-bond acceptors (Lipinski definition) is 2. The molecule has 2 aromatic rings. The summed E-state index contributed by atoms with van der Waals surface area (Å²) in [6, 6.07) is 14.3. The van der Waals surface area contributed by atoms with E-state index in [2.05, 4.69) is 36.5 Å². The molecule has 112 valence electrons. The van der Waals surface area contributed by atoms with E-state index in [-0.39, 0.29) is 0 Å². The predicted molar refractivity (Wildman–Crippen MR) is 94.5 cm³/mol. The van der Waals surface area contributed by atoms with E-state index < -0.39 is 0 Å². The number of benzene rings is 2. The number of halogens is 2. The van der Waals surface area contributed by atoms with E-state index in [4.69, 9.17) is 23.2 Å². The Bertz CT molecular complexity index is 570. The van der Waals surface area contributed by atoms with E-state index in [1.54, 1.807) is 11.8 Å². The molecule has 0 heterocycles. The Hall–Kier alpha value is -0.670. The van der Waals surface area contributed by atoms with Crippen LogP contribution in [0.15, 0.2) is 47.4 Å². The van der Waals surface area contributed by atoms with Crippen LogP contribution in [0.5, 0.6) is 0 Å². The molecule has 2 aromatic carbocycles. The summed E-state index contributed by atoms with van der Waals surface area (Å²) in [7, 11) is 0. The van der Waals surface area contributed by atoms with Crippen LogP contribution in [0.1, 0.15) is 24.5 Å². The second-order valence-corrected chi connectivity index (χ2v) is 6.74. The van der Waals surface area contributed by atoms with Gasteiger partial charge in [-0.15, -0.1) is 11.8 Å². The number of nitrogens with one attached hydrogen (secondary N) is 1. The Morgan fingerprint density at radius 3 is 2.52 bits per heavy atom. The summed E-state index contributed by atoms with van der Waals surface area (Å²) < 4.78 is 0. The minimum absolute atomic E-state index is 0.729. The topological polar surface area (TPSA) is 12.0 Å². The van der Waals surface area contributed by atoms with E-state index in [0.29, 0.717) is 0 Å². The van der Waals surface area contributed by atoms with Gasteiger partial charge in [-0.2, -0.15) is 0 Å². The van der Waals surface area contributed by atoms with Crippen molar-refractivity contribution in [3.8, 4) is 0 Å². The SMILES string of the molecule is CCCNCc1ccc(SCc2cc(Cl)ccc2Cl)cc1. The second-order valence-electron chi connectivity index (χ2n) is 4.85. The molecule has 0 unspecified atom stereocenters. The Kier molecular flexibility index (Phi) is 6.91. The molecule has 21 heavy (non-hydrogen) atoms. The Balaban J connectivity index is 1.90. The van der Waals surface area contributed by atoms with Gasteiger partial charge >= 0.3 is 0 Å². The molecule has 1 N–H and O–H groups in total. The van der Waals surface area contributed by atoms with Crippen molar-refractivity contribution in [2.75, 3.05) is 6.54 Å². The zero-order valence-electron chi connectivity index (χ0n) is 12.0. The summed E-state index contributed by atoms with van der Waals surface area (Å²) in [5.41, 5.74) is 2.39. The minimum atomic E-state index is 0.729. The molecule has 4 heteroatoms. The van der Waals surface area contributed by atoms with Gasteiger partial charge in [0.05, 0.1) is 0 Å². The summed E-state index contributed by atoms with van der Waals surface area (Å²) in [5.74, 6) is 0.826. The van der Waals surface area contributed by atoms with Gasteiger partial charge in [0.15, 0.2) is 0 Å². The monoisotopic (exact) mass is 339 g/mol. The molecule has 2 rings (SSSR count).